The third-order valence-electron chi connectivity index (χ3n) is 0.605. The van der Waals surface area contributed by atoms with Crippen LogP contribution in [0, 0.1) is 0 Å². The highest BCUT2D eigenvalue weighted by Gasteiger charge is 1.86. The molecule has 0 aromatic rings. The Morgan fingerprint density at radius 3 is 2.88 bits per heavy atom. The summed E-state index contributed by atoms with van der Waals surface area (Å²) in [6, 6.07) is 1.00. The molecular weight excluding hydrogens is 140 g/mol. The Balaban J connectivity index is 2.53. The van der Waals surface area contributed by atoms with Crippen molar-refractivity contribution in [2.75, 3.05) is 12.5 Å². The molecule has 0 aliphatic carbocycles. The van der Waals surface area contributed by atoms with E-state index in [2.05, 4.69) is 6.92 Å². The molecule has 0 aliphatic heterocycles. The maximum absolute atomic E-state index is 5.41. The van der Waals surface area contributed by atoms with Crippen molar-refractivity contribution in [1.29, 1.82) is 0 Å². The summed E-state index contributed by atoms with van der Waals surface area (Å²) in [6.07, 6.45) is 1.11. The molecule has 0 spiro atoms. The molecule has 0 bridgehead atoms. The average molecular weight is 151 g/mol. The highest BCUT2D eigenvalue weighted by atomic mass is 35.5. The fourth-order valence-electron chi connectivity index (χ4n) is 0.285. The van der Waals surface area contributed by atoms with Crippen LogP contribution < -0.4 is 0 Å². The van der Waals surface area contributed by atoms with Gasteiger partial charge >= 0.3 is 0 Å². The number of rotatable bonds is 5. The van der Waals surface area contributed by atoms with Crippen molar-refractivity contribution in [3.63, 3.8) is 0 Å². The summed E-state index contributed by atoms with van der Waals surface area (Å²) in [7, 11) is 0.607. The molecule has 8 heavy (non-hydrogen) atoms. The highest BCUT2D eigenvalue weighted by molar-refractivity contribution is 6.31. The third kappa shape index (κ3) is 6.47. The van der Waals surface area contributed by atoms with E-state index < -0.39 is 0 Å². The summed E-state index contributed by atoms with van der Waals surface area (Å²) in [5, 5.41) is 0. The van der Waals surface area contributed by atoms with Gasteiger partial charge < -0.3 is 4.43 Å². The van der Waals surface area contributed by atoms with Crippen LogP contribution in [0.15, 0.2) is 0 Å². The van der Waals surface area contributed by atoms with Gasteiger partial charge in [-0.2, -0.15) is 0 Å². The minimum absolute atomic E-state index is 0.607. The molecule has 48 valence electrons. The predicted molar refractivity (Wildman–Crippen MR) is 37.5 cm³/mol. The average Bonchev–Trinajstić information content (AvgIpc) is 1.81. The molecule has 0 heterocycles. The first-order valence-electron chi connectivity index (χ1n) is 2.82. The van der Waals surface area contributed by atoms with E-state index in [1.54, 1.807) is 0 Å². The minimum atomic E-state index is 0.607. The summed E-state index contributed by atoms with van der Waals surface area (Å²) >= 11 is 5.41. The van der Waals surface area contributed by atoms with Gasteiger partial charge in [-0.3, -0.25) is 0 Å². The summed E-state index contributed by atoms with van der Waals surface area (Å²) in [6.45, 7) is 2.99. The molecule has 0 N–H and O–H groups in total. The Morgan fingerprint density at radius 2 is 2.38 bits per heavy atom. The molecule has 2 radical (unpaired) electrons. The van der Waals surface area contributed by atoms with E-state index in [-0.39, 0.29) is 0 Å². The zero-order valence-electron chi connectivity index (χ0n) is 5.11. The van der Waals surface area contributed by atoms with Crippen LogP contribution in [0.5, 0.6) is 0 Å². The number of hydrogen-bond acceptors (Lipinski definition) is 1. The second-order valence-corrected chi connectivity index (χ2v) is 2.89. The smallest absolute Gasteiger partial charge is 0.230 e. The Bertz CT molecular complexity index is 37.4. The third-order valence-corrected chi connectivity index (χ3v) is 1.97. The summed E-state index contributed by atoms with van der Waals surface area (Å²) in [4.78, 5) is 0. The van der Waals surface area contributed by atoms with Gasteiger partial charge in [-0.05, 0) is 12.5 Å². The van der Waals surface area contributed by atoms with Crippen LogP contribution in [-0.2, 0) is 4.43 Å². The van der Waals surface area contributed by atoms with Gasteiger partial charge in [0.1, 0.15) is 0 Å². The summed E-state index contributed by atoms with van der Waals surface area (Å²) in [5.41, 5.74) is 0. The zero-order valence-corrected chi connectivity index (χ0v) is 6.87. The van der Waals surface area contributed by atoms with Gasteiger partial charge in [0.25, 0.3) is 0 Å². The van der Waals surface area contributed by atoms with Crippen LogP contribution in [0.3, 0.4) is 0 Å². The van der Waals surface area contributed by atoms with Crippen molar-refractivity contribution >= 4 is 21.4 Å². The zero-order chi connectivity index (χ0) is 6.24. The summed E-state index contributed by atoms with van der Waals surface area (Å²) < 4.78 is 5.17. The lowest BCUT2D eigenvalue weighted by atomic mass is 10.5. The first-order chi connectivity index (χ1) is 3.91. The molecule has 0 aromatic carbocycles. The largest absolute Gasteiger partial charge is 0.417 e. The molecule has 3 heteroatoms. The lowest BCUT2D eigenvalue weighted by Crippen LogP contribution is -1.99. The van der Waals surface area contributed by atoms with Gasteiger partial charge in [0.05, 0.1) is 0 Å². The van der Waals surface area contributed by atoms with Crippen LogP contribution in [-0.4, -0.2) is 22.3 Å². The minimum Gasteiger partial charge on any atom is -0.417 e. The van der Waals surface area contributed by atoms with E-state index in [1.165, 1.54) is 0 Å². The van der Waals surface area contributed by atoms with E-state index in [9.17, 15) is 0 Å². The van der Waals surface area contributed by atoms with Gasteiger partial charge in [-0.15, -0.1) is 11.6 Å². The monoisotopic (exact) mass is 150 g/mol. The van der Waals surface area contributed by atoms with Gasteiger partial charge in [0.15, 0.2) is 0 Å². The second-order valence-electron chi connectivity index (χ2n) is 1.43. The maximum Gasteiger partial charge on any atom is 0.230 e. The first kappa shape index (κ1) is 8.47. The van der Waals surface area contributed by atoms with E-state index in [0.717, 1.165) is 25.0 Å². The van der Waals surface area contributed by atoms with Crippen LogP contribution in [0.1, 0.15) is 13.3 Å². The molecule has 0 rings (SSSR count). The van der Waals surface area contributed by atoms with E-state index in [0.29, 0.717) is 9.76 Å². The van der Waals surface area contributed by atoms with Crippen LogP contribution in [0.25, 0.3) is 0 Å². The Morgan fingerprint density at radius 1 is 1.62 bits per heavy atom. The molecule has 0 atom stereocenters. The SMILES string of the molecule is CCCO[Si]CCCl. The van der Waals surface area contributed by atoms with Crippen molar-refractivity contribution in [3.05, 3.63) is 0 Å². The molecule has 0 saturated carbocycles. The predicted octanol–water partition coefficient (Wildman–Crippen LogP) is 1.69. The Hall–Kier alpha value is 0.467. The topological polar surface area (TPSA) is 9.23 Å². The van der Waals surface area contributed by atoms with Gasteiger partial charge in [0, 0.05) is 12.5 Å². The van der Waals surface area contributed by atoms with E-state index in [1.807, 2.05) is 0 Å². The fraction of sp³-hybridized carbons (Fsp3) is 1.00. The first-order valence-corrected chi connectivity index (χ1v) is 4.47. The van der Waals surface area contributed by atoms with E-state index >= 15 is 0 Å². The van der Waals surface area contributed by atoms with Gasteiger partial charge in [-0.25, -0.2) is 0 Å². The molecule has 0 saturated heterocycles. The van der Waals surface area contributed by atoms with Crippen molar-refractivity contribution in [2.45, 2.75) is 19.4 Å². The molecule has 0 fully saturated rings. The van der Waals surface area contributed by atoms with Crippen molar-refractivity contribution in [3.8, 4) is 0 Å². The lowest BCUT2D eigenvalue weighted by molar-refractivity contribution is 0.335. The molecule has 0 aliphatic rings. The summed E-state index contributed by atoms with van der Waals surface area (Å²) in [5.74, 6) is 0.724. The van der Waals surface area contributed by atoms with Gasteiger partial charge in [-0.1, -0.05) is 6.92 Å². The van der Waals surface area contributed by atoms with E-state index in [4.69, 9.17) is 16.0 Å². The highest BCUT2D eigenvalue weighted by Crippen LogP contribution is 1.85. The second kappa shape index (κ2) is 7.47. The Kier molecular flexibility index (Phi) is 7.90. The molecule has 0 amide bonds. The van der Waals surface area contributed by atoms with Crippen LogP contribution in [0.4, 0.5) is 0 Å². The molecule has 1 nitrogen and oxygen atoms in total. The maximum atomic E-state index is 5.41. The number of halogens is 1. The van der Waals surface area contributed by atoms with Crippen LogP contribution in [0.2, 0.25) is 6.04 Å². The Labute approximate surface area is 58.3 Å². The standard InChI is InChI=1S/C5H11ClOSi/c1-2-4-7-8-5-3-6/h2-5H2,1H3. The molecule has 0 aromatic heterocycles. The van der Waals surface area contributed by atoms with Crippen LogP contribution >= 0.6 is 11.6 Å². The molecule has 0 unspecified atom stereocenters. The van der Waals surface area contributed by atoms with Crippen molar-refractivity contribution in [1.82, 2.24) is 0 Å². The number of alkyl halides is 1. The quantitative estimate of drug-likeness (QED) is 0.329. The molecular formula is C5H11ClOSi. The fourth-order valence-corrected chi connectivity index (χ4v) is 1.09. The van der Waals surface area contributed by atoms with Crippen molar-refractivity contribution < 1.29 is 4.43 Å². The lowest BCUT2D eigenvalue weighted by Gasteiger charge is -1.95. The number of hydrogen-bond donors (Lipinski definition) is 0. The van der Waals surface area contributed by atoms with Crippen molar-refractivity contribution in [2.24, 2.45) is 0 Å². The van der Waals surface area contributed by atoms with Gasteiger partial charge in [0.2, 0.25) is 9.76 Å². The normalized spacial score (nSPS) is 9.75.